The molecule has 1 amide bonds. The number of morpholine rings is 1. The Morgan fingerprint density at radius 1 is 1.21 bits per heavy atom. The van der Waals surface area contributed by atoms with Crippen molar-refractivity contribution in [1.29, 1.82) is 0 Å². The maximum atomic E-state index is 12.6. The molecule has 0 saturated carbocycles. The van der Waals surface area contributed by atoms with Crippen molar-refractivity contribution in [2.24, 2.45) is 0 Å². The third-order valence-electron chi connectivity index (χ3n) is 4.57. The highest BCUT2D eigenvalue weighted by Gasteiger charge is 2.25. The maximum Gasteiger partial charge on any atom is 0.283 e. The number of furan rings is 1. The third kappa shape index (κ3) is 3.38. The van der Waals surface area contributed by atoms with Gasteiger partial charge in [-0.05, 0) is 12.5 Å². The normalized spacial score (nSPS) is 19.1. The lowest BCUT2D eigenvalue weighted by Gasteiger charge is -2.25. The first-order valence-electron chi connectivity index (χ1n) is 8.38. The Hall–Kier alpha value is -1.70. The molecule has 0 aromatic carbocycles. The largest absolute Gasteiger partial charge is 0.472 e. The number of hydrogen-bond donors (Lipinski definition) is 0. The molecule has 128 valence electrons. The summed E-state index contributed by atoms with van der Waals surface area (Å²) < 4.78 is 10.5. The van der Waals surface area contributed by atoms with Gasteiger partial charge in [-0.3, -0.25) is 9.69 Å². The molecular formula is C17H21N3O3S. The Kier molecular flexibility index (Phi) is 4.64. The lowest BCUT2D eigenvalue weighted by atomic mass is 10.2. The van der Waals surface area contributed by atoms with Crippen LogP contribution in [0.2, 0.25) is 0 Å². The minimum atomic E-state index is 0.0617. The van der Waals surface area contributed by atoms with Gasteiger partial charge in [0.15, 0.2) is 5.01 Å². The van der Waals surface area contributed by atoms with Crippen LogP contribution in [0.15, 0.2) is 23.0 Å². The number of hydrogen-bond acceptors (Lipinski definition) is 6. The number of amides is 1. The maximum absolute atomic E-state index is 12.6. The molecule has 2 aromatic rings. The predicted molar refractivity (Wildman–Crippen MR) is 90.2 cm³/mol. The summed E-state index contributed by atoms with van der Waals surface area (Å²) in [6.07, 6.45) is 5.38. The van der Waals surface area contributed by atoms with E-state index in [1.54, 1.807) is 23.9 Å². The predicted octanol–water partition coefficient (Wildman–Crippen LogP) is 1.81. The van der Waals surface area contributed by atoms with E-state index in [2.05, 4.69) is 9.88 Å². The van der Waals surface area contributed by atoms with Crippen molar-refractivity contribution in [2.75, 3.05) is 39.4 Å². The Balaban J connectivity index is 1.41. The van der Waals surface area contributed by atoms with Crippen LogP contribution >= 0.6 is 11.3 Å². The first kappa shape index (κ1) is 15.8. The van der Waals surface area contributed by atoms with Crippen LogP contribution in [0.3, 0.4) is 0 Å². The fraction of sp³-hybridized carbons (Fsp3) is 0.529. The molecule has 1 fully saturated rings. The highest BCUT2D eigenvalue weighted by Crippen LogP contribution is 2.25. The number of ether oxygens (including phenoxy) is 1. The Bertz CT molecular complexity index is 667. The average molecular weight is 347 g/mol. The van der Waals surface area contributed by atoms with Crippen LogP contribution in [0.1, 0.15) is 25.9 Å². The van der Waals surface area contributed by atoms with Crippen molar-refractivity contribution in [1.82, 2.24) is 14.8 Å². The number of aromatic nitrogens is 1. The Morgan fingerprint density at radius 2 is 2.04 bits per heavy atom. The minimum absolute atomic E-state index is 0.0617. The zero-order valence-electron chi connectivity index (χ0n) is 13.6. The molecule has 2 aliphatic rings. The van der Waals surface area contributed by atoms with E-state index < -0.39 is 0 Å². The first-order chi connectivity index (χ1) is 11.8. The molecule has 0 N–H and O–H groups in total. The number of fused-ring (bicyclic) bond motifs is 1. The van der Waals surface area contributed by atoms with E-state index in [9.17, 15) is 4.79 Å². The van der Waals surface area contributed by atoms with Gasteiger partial charge in [-0.2, -0.15) is 0 Å². The molecule has 0 atom stereocenters. The van der Waals surface area contributed by atoms with Crippen molar-refractivity contribution in [2.45, 2.75) is 19.4 Å². The molecule has 2 aliphatic heterocycles. The van der Waals surface area contributed by atoms with Crippen molar-refractivity contribution in [3.8, 4) is 0 Å². The molecular weight excluding hydrogens is 326 g/mol. The van der Waals surface area contributed by atoms with Crippen molar-refractivity contribution in [3.05, 3.63) is 39.7 Å². The molecule has 6 nitrogen and oxygen atoms in total. The Morgan fingerprint density at radius 3 is 2.83 bits per heavy atom. The van der Waals surface area contributed by atoms with Crippen LogP contribution in [0.4, 0.5) is 0 Å². The highest BCUT2D eigenvalue weighted by atomic mass is 32.1. The second-order valence-corrected chi connectivity index (χ2v) is 7.28. The number of carbonyl (C=O) groups is 1. The van der Waals surface area contributed by atoms with Gasteiger partial charge in [0, 0.05) is 49.6 Å². The zero-order chi connectivity index (χ0) is 16.4. The summed E-state index contributed by atoms with van der Waals surface area (Å²) >= 11 is 1.57. The van der Waals surface area contributed by atoms with E-state index in [1.807, 2.05) is 11.0 Å². The van der Waals surface area contributed by atoms with Gasteiger partial charge in [0.1, 0.15) is 0 Å². The van der Waals surface area contributed by atoms with Crippen LogP contribution in [0, 0.1) is 0 Å². The topological polar surface area (TPSA) is 58.8 Å². The van der Waals surface area contributed by atoms with E-state index in [0.717, 1.165) is 38.2 Å². The number of carbonyl (C=O) groups excluding carboxylic acids is 1. The summed E-state index contributed by atoms with van der Waals surface area (Å²) in [5.74, 6) is 0.0617. The Labute approximate surface area is 145 Å². The molecule has 0 unspecified atom stereocenters. The van der Waals surface area contributed by atoms with E-state index in [4.69, 9.17) is 9.15 Å². The lowest BCUT2D eigenvalue weighted by Crippen LogP contribution is -2.40. The van der Waals surface area contributed by atoms with Crippen LogP contribution in [0.25, 0.3) is 0 Å². The van der Waals surface area contributed by atoms with Gasteiger partial charge in [0.2, 0.25) is 0 Å². The summed E-state index contributed by atoms with van der Waals surface area (Å²) in [6.45, 7) is 5.45. The highest BCUT2D eigenvalue weighted by molar-refractivity contribution is 7.13. The third-order valence-corrected chi connectivity index (χ3v) is 5.71. The van der Waals surface area contributed by atoms with Crippen LogP contribution < -0.4 is 0 Å². The fourth-order valence-corrected chi connectivity index (χ4v) is 4.27. The van der Waals surface area contributed by atoms with Gasteiger partial charge >= 0.3 is 0 Å². The average Bonchev–Trinajstić information content (AvgIpc) is 3.23. The van der Waals surface area contributed by atoms with Gasteiger partial charge in [0.05, 0.1) is 31.4 Å². The molecule has 0 spiro atoms. The van der Waals surface area contributed by atoms with Crippen molar-refractivity contribution >= 4 is 17.2 Å². The van der Waals surface area contributed by atoms with Gasteiger partial charge in [-0.1, -0.05) is 0 Å². The lowest BCUT2D eigenvalue weighted by molar-refractivity contribution is 0.0302. The van der Waals surface area contributed by atoms with E-state index in [1.165, 1.54) is 10.4 Å². The molecule has 0 bridgehead atoms. The molecule has 2 aromatic heterocycles. The summed E-state index contributed by atoms with van der Waals surface area (Å²) in [5, 5.41) is 0.644. The second-order valence-electron chi connectivity index (χ2n) is 6.20. The SMILES string of the molecule is O=C(c1nc2c(s1)CCN(Cc1ccoc1)CC2)N1CCOCC1. The van der Waals surface area contributed by atoms with Crippen LogP contribution in [-0.4, -0.2) is 60.1 Å². The number of nitrogens with zero attached hydrogens (tertiary/aromatic N) is 3. The van der Waals surface area contributed by atoms with Gasteiger partial charge in [0.25, 0.3) is 5.91 Å². The quantitative estimate of drug-likeness (QED) is 0.847. The standard InChI is InChI=1S/C17H21N3O3S/c21-17(20-6-9-22-10-7-20)16-18-14-1-4-19(5-2-15(14)24-16)11-13-3-8-23-12-13/h3,8,12H,1-2,4-7,9-11H2. The van der Waals surface area contributed by atoms with Gasteiger partial charge < -0.3 is 14.1 Å². The summed E-state index contributed by atoms with van der Waals surface area (Å²) in [5.41, 5.74) is 2.31. The molecule has 24 heavy (non-hydrogen) atoms. The molecule has 1 saturated heterocycles. The minimum Gasteiger partial charge on any atom is -0.472 e. The second kappa shape index (κ2) is 7.04. The molecule has 4 heterocycles. The van der Waals surface area contributed by atoms with E-state index >= 15 is 0 Å². The molecule has 4 rings (SSSR count). The fourth-order valence-electron chi connectivity index (χ4n) is 3.20. The van der Waals surface area contributed by atoms with Gasteiger partial charge in [-0.15, -0.1) is 11.3 Å². The monoisotopic (exact) mass is 347 g/mol. The smallest absolute Gasteiger partial charge is 0.283 e. The first-order valence-corrected chi connectivity index (χ1v) is 9.20. The van der Waals surface area contributed by atoms with Crippen LogP contribution in [-0.2, 0) is 24.1 Å². The van der Waals surface area contributed by atoms with E-state index in [0.29, 0.717) is 31.3 Å². The zero-order valence-corrected chi connectivity index (χ0v) is 14.4. The van der Waals surface area contributed by atoms with Crippen molar-refractivity contribution in [3.63, 3.8) is 0 Å². The summed E-state index contributed by atoms with van der Waals surface area (Å²) in [4.78, 5) is 22.8. The molecule has 7 heteroatoms. The summed E-state index contributed by atoms with van der Waals surface area (Å²) in [6, 6.07) is 2.01. The van der Waals surface area contributed by atoms with Crippen LogP contribution in [0.5, 0.6) is 0 Å². The molecule has 0 radical (unpaired) electrons. The van der Waals surface area contributed by atoms with Crippen molar-refractivity contribution < 1.29 is 13.9 Å². The number of rotatable bonds is 3. The summed E-state index contributed by atoms with van der Waals surface area (Å²) in [7, 11) is 0. The van der Waals surface area contributed by atoms with E-state index in [-0.39, 0.29) is 5.91 Å². The number of thiazole rings is 1. The van der Waals surface area contributed by atoms with Gasteiger partial charge in [-0.25, -0.2) is 4.98 Å². The molecule has 0 aliphatic carbocycles.